The van der Waals surface area contributed by atoms with Crippen LogP contribution in [0.3, 0.4) is 0 Å². The number of amides is 2. The van der Waals surface area contributed by atoms with E-state index < -0.39 is 0 Å². The standard InChI is InChI=1S/C22H21N3O2/c1-25(16-21(26)24-15-17-11-13-23-14-12-17)22(27)10-9-19-7-4-6-18-5-2-3-8-20(18)19/h2-14H,15-16H2,1H3,(H,24,26)/b10-9+. The van der Waals surface area contributed by atoms with E-state index in [1.807, 2.05) is 54.6 Å². The molecule has 1 N–H and O–H groups in total. The molecule has 1 aromatic heterocycles. The normalized spacial score (nSPS) is 10.9. The van der Waals surface area contributed by atoms with Crippen LogP contribution in [0.4, 0.5) is 0 Å². The zero-order chi connectivity index (χ0) is 19.1. The summed E-state index contributed by atoms with van der Waals surface area (Å²) in [5.74, 6) is -0.428. The largest absolute Gasteiger partial charge is 0.350 e. The van der Waals surface area contributed by atoms with Crippen molar-refractivity contribution in [3.8, 4) is 0 Å². The fraction of sp³-hybridized carbons (Fsp3) is 0.136. The second-order valence-electron chi connectivity index (χ2n) is 6.23. The Hall–Kier alpha value is -3.47. The molecule has 0 aliphatic heterocycles. The van der Waals surface area contributed by atoms with Crippen LogP contribution in [0.5, 0.6) is 0 Å². The van der Waals surface area contributed by atoms with Crippen LogP contribution in [-0.4, -0.2) is 35.3 Å². The molecule has 136 valence electrons. The van der Waals surface area contributed by atoms with Gasteiger partial charge in [0, 0.05) is 32.1 Å². The molecule has 0 bridgehead atoms. The first-order valence-electron chi connectivity index (χ1n) is 8.70. The van der Waals surface area contributed by atoms with Gasteiger partial charge in [-0.25, -0.2) is 0 Å². The number of carbonyl (C=O) groups excluding carboxylic acids is 2. The van der Waals surface area contributed by atoms with Crippen LogP contribution >= 0.6 is 0 Å². The van der Waals surface area contributed by atoms with Gasteiger partial charge < -0.3 is 10.2 Å². The SMILES string of the molecule is CN(CC(=O)NCc1ccncc1)C(=O)/C=C/c1cccc2ccccc12. The molecule has 0 atom stereocenters. The number of benzene rings is 2. The van der Waals surface area contributed by atoms with Crippen molar-refractivity contribution in [2.75, 3.05) is 13.6 Å². The Morgan fingerprint density at radius 3 is 2.59 bits per heavy atom. The molecule has 27 heavy (non-hydrogen) atoms. The summed E-state index contributed by atoms with van der Waals surface area (Å²) in [5, 5.41) is 5.00. The average molecular weight is 359 g/mol. The van der Waals surface area contributed by atoms with Gasteiger partial charge in [-0.15, -0.1) is 0 Å². The van der Waals surface area contributed by atoms with E-state index in [-0.39, 0.29) is 18.4 Å². The number of nitrogens with one attached hydrogen (secondary N) is 1. The van der Waals surface area contributed by atoms with E-state index in [2.05, 4.69) is 10.3 Å². The highest BCUT2D eigenvalue weighted by Crippen LogP contribution is 2.19. The summed E-state index contributed by atoms with van der Waals surface area (Å²) >= 11 is 0. The lowest BCUT2D eigenvalue weighted by Gasteiger charge is -2.15. The Kier molecular flexibility index (Phi) is 5.94. The number of hydrogen-bond donors (Lipinski definition) is 1. The van der Waals surface area contributed by atoms with Gasteiger partial charge in [-0.1, -0.05) is 42.5 Å². The second-order valence-corrected chi connectivity index (χ2v) is 6.23. The molecular formula is C22H21N3O2. The molecule has 0 fully saturated rings. The zero-order valence-electron chi connectivity index (χ0n) is 15.1. The highest BCUT2D eigenvalue weighted by molar-refractivity contribution is 5.97. The first-order chi connectivity index (χ1) is 13.1. The van der Waals surface area contributed by atoms with Crippen molar-refractivity contribution in [2.24, 2.45) is 0 Å². The molecule has 3 rings (SSSR count). The molecule has 2 aromatic carbocycles. The first-order valence-corrected chi connectivity index (χ1v) is 8.70. The maximum Gasteiger partial charge on any atom is 0.246 e. The number of hydrogen-bond acceptors (Lipinski definition) is 3. The Morgan fingerprint density at radius 2 is 1.78 bits per heavy atom. The van der Waals surface area contributed by atoms with Crippen molar-refractivity contribution in [2.45, 2.75) is 6.54 Å². The number of pyridine rings is 1. The zero-order valence-corrected chi connectivity index (χ0v) is 15.1. The predicted molar refractivity (Wildman–Crippen MR) is 107 cm³/mol. The predicted octanol–water partition coefficient (Wildman–Crippen LogP) is 3.02. The van der Waals surface area contributed by atoms with Crippen molar-refractivity contribution in [1.82, 2.24) is 15.2 Å². The third-order valence-electron chi connectivity index (χ3n) is 4.22. The number of aromatic nitrogens is 1. The molecule has 5 nitrogen and oxygen atoms in total. The van der Waals surface area contributed by atoms with Gasteiger partial charge in [0.05, 0.1) is 6.54 Å². The quantitative estimate of drug-likeness (QED) is 0.688. The summed E-state index contributed by atoms with van der Waals surface area (Å²) in [4.78, 5) is 29.7. The van der Waals surface area contributed by atoms with E-state index in [4.69, 9.17) is 0 Å². The van der Waals surface area contributed by atoms with Crippen LogP contribution in [0.15, 0.2) is 73.1 Å². The van der Waals surface area contributed by atoms with Gasteiger partial charge in [0.25, 0.3) is 0 Å². The van der Waals surface area contributed by atoms with Gasteiger partial charge >= 0.3 is 0 Å². The number of fused-ring (bicyclic) bond motifs is 1. The van der Waals surface area contributed by atoms with Crippen molar-refractivity contribution in [3.05, 3.63) is 84.2 Å². The Balaban J connectivity index is 1.57. The average Bonchev–Trinajstić information content (AvgIpc) is 2.71. The van der Waals surface area contributed by atoms with Gasteiger partial charge in [0.15, 0.2) is 0 Å². The van der Waals surface area contributed by atoms with Crippen molar-refractivity contribution >= 4 is 28.7 Å². The molecule has 0 unspecified atom stereocenters. The molecular weight excluding hydrogens is 338 g/mol. The lowest BCUT2D eigenvalue weighted by molar-refractivity contribution is -0.131. The minimum Gasteiger partial charge on any atom is -0.350 e. The maximum atomic E-state index is 12.3. The summed E-state index contributed by atoms with van der Waals surface area (Å²) in [6.45, 7) is 0.416. The molecule has 0 saturated heterocycles. The molecule has 0 saturated carbocycles. The van der Waals surface area contributed by atoms with Gasteiger partial charge in [-0.3, -0.25) is 14.6 Å². The number of carbonyl (C=O) groups is 2. The van der Waals surface area contributed by atoms with Gasteiger partial charge in [0.2, 0.25) is 11.8 Å². The Bertz CT molecular complexity index is 962. The lowest BCUT2D eigenvalue weighted by Crippen LogP contribution is -2.37. The van der Waals surface area contributed by atoms with Crippen LogP contribution in [-0.2, 0) is 16.1 Å². The van der Waals surface area contributed by atoms with Gasteiger partial charge in [-0.05, 0) is 40.1 Å². The summed E-state index contributed by atoms with van der Waals surface area (Å²) in [7, 11) is 1.61. The van der Waals surface area contributed by atoms with Crippen molar-refractivity contribution < 1.29 is 9.59 Å². The highest BCUT2D eigenvalue weighted by Gasteiger charge is 2.10. The van der Waals surface area contributed by atoms with Crippen molar-refractivity contribution in [1.29, 1.82) is 0 Å². The molecule has 0 spiro atoms. The van der Waals surface area contributed by atoms with Gasteiger partial charge in [0.1, 0.15) is 0 Å². The smallest absolute Gasteiger partial charge is 0.246 e. The van der Waals surface area contributed by atoms with E-state index >= 15 is 0 Å². The van der Waals surface area contributed by atoms with E-state index in [0.29, 0.717) is 6.54 Å². The van der Waals surface area contributed by atoms with E-state index in [9.17, 15) is 9.59 Å². The van der Waals surface area contributed by atoms with Gasteiger partial charge in [-0.2, -0.15) is 0 Å². The lowest BCUT2D eigenvalue weighted by atomic mass is 10.0. The number of rotatable bonds is 6. The molecule has 2 amide bonds. The Morgan fingerprint density at radius 1 is 1.04 bits per heavy atom. The van der Waals surface area contributed by atoms with Crippen LogP contribution < -0.4 is 5.32 Å². The first kappa shape index (κ1) is 18.3. The Labute approximate surface area is 158 Å². The van der Waals surface area contributed by atoms with Crippen LogP contribution in [0.2, 0.25) is 0 Å². The summed E-state index contributed by atoms with van der Waals surface area (Å²) < 4.78 is 0. The topological polar surface area (TPSA) is 62.3 Å². The molecule has 5 heteroatoms. The fourth-order valence-electron chi connectivity index (χ4n) is 2.73. The second kappa shape index (κ2) is 8.76. The summed E-state index contributed by atoms with van der Waals surface area (Å²) in [6, 6.07) is 17.7. The van der Waals surface area contributed by atoms with Crippen molar-refractivity contribution in [3.63, 3.8) is 0 Å². The van der Waals surface area contributed by atoms with E-state index in [0.717, 1.165) is 21.9 Å². The van der Waals surface area contributed by atoms with Crippen LogP contribution in [0.25, 0.3) is 16.8 Å². The summed E-state index contributed by atoms with van der Waals surface area (Å²) in [6.07, 6.45) is 6.64. The number of likely N-dealkylation sites (N-methyl/N-ethyl adjacent to an activating group) is 1. The van der Waals surface area contributed by atoms with E-state index in [1.165, 1.54) is 11.0 Å². The highest BCUT2D eigenvalue weighted by atomic mass is 16.2. The monoisotopic (exact) mass is 359 g/mol. The van der Waals surface area contributed by atoms with Crippen LogP contribution in [0.1, 0.15) is 11.1 Å². The molecule has 1 heterocycles. The molecule has 0 radical (unpaired) electrons. The van der Waals surface area contributed by atoms with E-state index in [1.54, 1.807) is 25.5 Å². The third-order valence-corrected chi connectivity index (χ3v) is 4.22. The minimum atomic E-state index is -0.220. The van der Waals surface area contributed by atoms with Crippen LogP contribution in [0, 0.1) is 0 Å². The minimum absolute atomic E-state index is 0.00376. The molecule has 3 aromatic rings. The fourth-order valence-corrected chi connectivity index (χ4v) is 2.73. The third kappa shape index (κ3) is 5.01. The molecule has 0 aliphatic carbocycles. The maximum absolute atomic E-state index is 12.3. The molecule has 0 aliphatic rings. The number of nitrogens with zero attached hydrogens (tertiary/aromatic N) is 2. The summed E-state index contributed by atoms with van der Waals surface area (Å²) in [5.41, 5.74) is 1.93.